The number of carboxylic acid groups (broad SMARTS) is 1. The highest BCUT2D eigenvalue weighted by Crippen LogP contribution is 2.11. The van der Waals surface area contributed by atoms with Crippen LogP contribution in [0.1, 0.15) is 29.5 Å². The molecule has 1 amide bonds. The van der Waals surface area contributed by atoms with E-state index < -0.39 is 17.4 Å². The minimum absolute atomic E-state index is 0.0876. The van der Waals surface area contributed by atoms with Gasteiger partial charge in [-0.2, -0.15) is 0 Å². The van der Waals surface area contributed by atoms with Crippen molar-refractivity contribution in [2.24, 2.45) is 0 Å². The molecule has 104 valence electrons. The SMILES string of the molecule is COCC(C)(CC(=O)O)NC(=O)c1cnc(C)cn1. The van der Waals surface area contributed by atoms with Crippen LogP contribution in [0.5, 0.6) is 0 Å². The molecule has 1 aromatic rings. The Morgan fingerprint density at radius 1 is 1.42 bits per heavy atom. The number of ether oxygens (including phenoxy) is 1. The third-order valence-electron chi connectivity index (χ3n) is 2.43. The van der Waals surface area contributed by atoms with E-state index in [0.29, 0.717) is 5.69 Å². The summed E-state index contributed by atoms with van der Waals surface area (Å²) in [6.07, 6.45) is 2.57. The molecule has 0 bridgehead atoms. The van der Waals surface area contributed by atoms with E-state index >= 15 is 0 Å². The molecular weight excluding hydrogens is 250 g/mol. The summed E-state index contributed by atoms with van der Waals surface area (Å²) in [6.45, 7) is 3.45. The molecular formula is C12H17N3O4. The number of amides is 1. The molecule has 0 saturated heterocycles. The van der Waals surface area contributed by atoms with Crippen LogP contribution in [0.3, 0.4) is 0 Å². The minimum atomic E-state index is -1.02. The van der Waals surface area contributed by atoms with Crippen LogP contribution in [0.2, 0.25) is 0 Å². The molecule has 0 fully saturated rings. The predicted molar refractivity (Wildman–Crippen MR) is 66.8 cm³/mol. The van der Waals surface area contributed by atoms with E-state index in [4.69, 9.17) is 9.84 Å². The number of methoxy groups -OCH3 is 1. The number of carbonyl (C=O) groups excluding carboxylic acids is 1. The van der Waals surface area contributed by atoms with Gasteiger partial charge in [0, 0.05) is 13.3 Å². The molecule has 0 spiro atoms. The summed E-state index contributed by atoms with van der Waals surface area (Å²) in [7, 11) is 1.44. The topological polar surface area (TPSA) is 101 Å². The zero-order valence-electron chi connectivity index (χ0n) is 11.1. The van der Waals surface area contributed by atoms with E-state index in [2.05, 4.69) is 15.3 Å². The first-order chi connectivity index (χ1) is 8.86. The van der Waals surface area contributed by atoms with E-state index in [-0.39, 0.29) is 18.7 Å². The van der Waals surface area contributed by atoms with Crippen molar-refractivity contribution in [3.63, 3.8) is 0 Å². The third-order valence-corrected chi connectivity index (χ3v) is 2.43. The van der Waals surface area contributed by atoms with Gasteiger partial charge in [-0.1, -0.05) is 0 Å². The lowest BCUT2D eigenvalue weighted by molar-refractivity contribution is -0.139. The summed E-state index contributed by atoms with van der Waals surface area (Å²) >= 11 is 0. The van der Waals surface area contributed by atoms with Gasteiger partial charge in [-0.05, 0) is 13.8 Å². The maximum Gasteiger partial charge on any atom is 0.305 e. The lowest BCUT2D eigenvalue weighted by Gasteiger charge is -2.28. The van der Waals surface area contributed by atoms with Gasteiger partial charge in [0.15, 0.2) is 0 Å². The second kappa shape index (κ2) is 6.24. The first-order valence-electron chi connectivity index (χ1n) is 5.68. The Kier molecular flexibility index (Phi) is 4.94. The Morgan fingerprint density at radius 3 is 2.58 bits per heavy atom. The molecule has 1 aromatic heterocycles. The highest BCUT2D eigenvalue weighted by atomic mass is 16.5. The summed E-state index contributed by atoms with van der Waals surface area (Å²) in [6, 6.07) is 0. The van der Waals surface area contributed by atoms with Crippen LogP contribution in [0.25, 0.3) is 0 Å². The molecule has 0 aliphatic carbocycles. The van der Waals surface area contributed by atoms with Gasteiger partial charge in [0.25, 0.3) is 5.91 Å². The molecule has 7 heteroatoms. The van der Waals surface area contributed by atoms with Crippen LogP contribution in [-0.2, 0) is 9.53 Å². The van der Waals surface area contributed by atoms with Crippen molar-refractivity contribution in [3.05, 3.63) is 23.8 Å². The molecule has 0 aromatic carbocycles. The Hall–Kier alpha value is -2.02. The van der Waals surface area contributed by atoms with Gasteiger partial charge in [0.1, 0.15) is 5.69 Å². The molecule has 7 nitrogen and oxygen atoms in total. The van der Waals surface area contributed by atoms with Gasteiger partial charge in [0.05, 0.1) is 30.5 Å². The number of hydrogen-bond acceptors (Lipinski definition) is 5. The van der Waals surface area contributed by atoms with Gasteiger partial charge in [-0.25, -0.2) is 4.98 Å². The van der Waals surface area contributed by atoms with Crippen molar-refractivity contribution in [1.29, 1.82) is 0 Å². The quantitative estimate of drug-likeness (QED) is 0.773. The van der Waals surface area contributed by atoms with Crippen LogP contribution in [0, 0.1) is 6.92 Å². The van der Waals surface area contributed by atoms with E-state index in [9.17, 15) is 9.59 Å². The van der Waals surface area contributed by atoms with Crippen LogP contribution in [-0.4, -0.2) is 46.2 Å². The number of carbonyl (C=O) groups is 2. The zero-order valence-corrected chi connectivity index (χ0v) is 11.1. The number of nitrogens with zero attached hydrogens (tertiary/aromatic N) is 2. The van der Waals surface area contributed by atoms with Crippen molar-refractivity contribution in [2.75, 3.05) is 13.7 Å². The lowest BCUT2D eigenvalue weighted by Crippen LogP contribution is -2.51. The van der Waals surface area contributed by atoms with E-state index in [1.807, 2.05) is 0 Å². The molecule has 2 N–H and O–H groups in total. The molecule has 0 saturated carbocycles. The first kappa shape index (κ1) is 15.0. The maximum atomic E-state index is 12.0. The van der Waals surface area contributed by atoms with Crippen LogP contribution in [0.15, 0.2) is 12.4 Å². The predicted octanol–water partition coefficient (Wildman–Crippen LogP) is 0.395. The molecule has 1 unspecified atom stereocenters. The fourth-order valence-electron chi connectivity index (χ4n) is 1.63. The van der Waals surface area contributed by atoms with Gasteiger partial charge >= 0.3 is 5.97 Å². The highest BCUT2D eigenvalue weighted by Gasteiger charge is 2.30. The molecule has 1 heterocycles. The van der Waals surface area contributed by atoms with Crippen molar-refractivity contribution in [3.8, 4) is 0 Å². The number of aliphatic carboxylic acids is 1. The Morgan fingerprint density at radius 2 is 2.11 bits per heavy atom. The second-order valence-electron chi connectivity index (χ2n) is 4.56. The van der Waals surface area contributed by atoms with Crippen LogP contribution in [0.4, 0.5) is 0 Å². The molecule has 1 atom stereocenters. The lowest BCUT2D eigenvalue weighted by atomic mass is 9.99. The Labute approximate surface area is 111 Å². The summed E-state index contributed by atoms with van der Waals surface area (Å²) in [4.78, 5) is 30.7. The fourth-order valence-corrected chi connectivity index (χ4v) is 1.63. The molecule has 1 rings (SSSR count). The third kappa shape index (κ3) is 4.63. The van der Waals surface area contributed by atoms with Crippen LogP contribution >= 0.6 is 0 Å². The fraction of sp³-hybridized carbons (Fsp3) is 0.500. The smallest absolute Gasteiger partial charge is 0.305 e. The van der Waals surface area contributed by atoms with Crippen molar-refractivity contribution < 1.29 is 19.4 Å². The summed E-state index contributed by atoms with van der Waals surface area (Å²) in [5.74, 6) is -1.50. The van der Waals surface area contributed by atoms with Crippen molar-refractivity contribution in [1.82, 2.24) is 15.3 Å². The normalized spacial score (nSPS) is 13.6. The minimum Gasteiger partial charge on any atom is -0.481 e. The monoisotopic (exact) mass is 267 g/mol. The average Bonchev–Trinajstić information content (AvgIpc) is 2.28. The van der Waals surface area contributed by atoms with Gasteiger partial charge in [-0.15, -0.1) is 0 Å². The summed E-state index contributed by atoms with van der Waals surface area (Å²) in [5, 5.41) is 11.5. The second-order valence-corrected chi connectivity index (χ2v) is 4.56. The molecule has 0 aliphatic rings. The zero-order chi connectivity index (χ0) is 14.5. The summed E-state index contributed by atoms with van der Waals surface area (Å²) < 4.78 is 4.95. The number of carboxylic acids is 1. The Balaban J connectivity index is 2.81. The average molecular weight is 267 g/mol. The number of rotatable bonds is 6. The highest BCUT2D eigenvalue weighted by molar-refractivity contribution is 5.92. The Bertz CT molecular complexity index is 461. The van der Waals surface area contributed by atoms with Crippen LogP contribution < -0.4 is 5.32 Å². The van der Waals surface area contributed by atoms with E-state index in [0.717, 1.165) is 0 Å². The summed E-state index contributed by atoms with van der Waals surface area (Å²) in [5.41, 5.74) is -0.162. The van der Waals surface area contributed by atoms with E-state index in [1.54, 1.807) is 13.8 Å². The van der Waals surface area contributed by atoms with E-state index in [1.165, 1.54) is 19.5 Å². The molecule has 0 aliphatic heterocycles. The van der Waals surface area contributed by atoms with Gasteiger partial charge in [-0.3, -0.25) is 14.6 Å². The largest absolute Gasteiger partial charge is 0.481 e. The number of aryl methyl sites for hydroxylation is 1. The number of hydrogen-bond donors (Lipinski definition) is 2. The van der Waals surface area contributed by atoms with Gasteiger partial charge < -0.3 is 15.2 Å². The van der Waals surface area contributed by atoms with Crippen molar-refractivity contribution >= 4 is 11.9 Å². The molecule has 19 heavy (non-hydrogen) atoms. The number of nitrogens with one attached hydrogen (secondary N) is 1. The maximum absolute atomic E-state index is 12.0. The standard InChI is InChI=1S/C12H17N3O4/c1-8-5-14-9(6-13-8)11(18)15-12(2,7-19-3)4-10(16)17/h5-6H,4,7H2,1-3H3,(H,15,18)(H,16,17). The van der Waals surface area contributed by atoms with Crippen molar-refractivity contribution in [2.45, 2.75) is 25.8 Å². The first-order valence-corrected chi connectivity index (χ1v) is 5.68. The molecule has 0 radical (unpaired) electrons. The van der Waals surface area contributed by atoms with Gasteiger partial charge in [0.2, 0.25) is 0 Å². The number of aromatic nitrogens is 2.